The Balaban J connectivity index is 1.79. The molecule has 2 heterocycles. The molecule has 4 heteroatoms. The molecule has 0 saturated carbocycles. The van der Waals surface area contributed by atoms with Crippen LogP contribution < -0.4 is 10.5 Å². The Labute approximate surface area is 123 Å². The Morgan fingerprint density at radius 1 is 1.00 bits per heavy atom. The van der Waals surface area contributed by atoms with Gasteiger partial charge in [-0.3, -0.25) is 4.98 Å². The lowest BCUT2D eigenvalue weighted by atomic mass is 10.1. The molecule has 1 aromatic carbocycles. The summed E-state index contributed by atoms with van der Waals surface area (Å²) in [5.74, 6) is 0.643. The molecule has 0 amide bonds. The summed E-state index contributed by atoms with van der Waals surface area (Å²) in [6.07, 6.45) is 2.54. The number of fused-ring (bicyclic) bond motifs is 1. The molecule has 0 aliphatic rings. The first-order chi connectivity index (χ1) is 10.4. The van der Waals surface area contributed by atoms with Gasteiger partial charge in [0, 0.05) is 30.2 Å². The molecule has 0 unspecified atom stereocenters. The van der Waals surface area contributed by atoms with Crippen molar-refractivity contribution >= 4 is 10.8 Å². The van der Waals surface area contributed by atoms with Crippen molar-refractivity contribution in [3.8, 4) is 5.88 Å². The van der Waals surface area contributed by atoms with E-state index in [0.717, 1.165) is 28.6 Å². The van der Waals surface area contributed by atoms with E-state index in [0.29, 0.717) is 19.0 Å². The van der Waals surface area contributed by atoms with Gasteiger partial charge in [0.25, 0.3) is 0 Å². The number of rotatable bonds is 5. The molecule has 0 atom stereocenters. The van der Waals surface area contributed by atoms with Crippen molar-refractivity contribution in [3.05, 3.63) is 66.1 Å². The normalized spacial score (nSPS) is 10.7. The van der Waals surface area contributed by atoms with Gasteiger partial charge in [-0.1, -0.05) is 24.3 Å². The third-order valence-electron chi connectivity index (χ3n) is 3.29. The van der Waals surface area contributed by atoms with E-state index in [1.165, 1.54) is 0 Å². The number of benzene rings is 1. The summed E-state index contributed by atoms with van der Waals surface area (Å²) in [5, 5.41) is 2.11. The minimum Gasteiger partial charge on any atom is -0.477 e. The molecule has 0 spiro atoms. The maximum absolute atomic E-state index is 5.86. The van der Waals surface area contributed by atoms with Crippen molar-refractivity contribution in [3.63, 3.8) is 0 Å². The minimum atomic E-state index is 0.404. The van der Waals surface area contributed by atoms with Crippen LogP contribution in [0.4, 0.5) is 0 Å². The molecule has 21 heavy (non-hydrogen) atoms. The van der Waals surface area contributed by atoms with Crippen molar-refractivity contribution < 1.29 is 4.74 Å². The Morgan fingerprint density at radius 3 is 2.67 bits per heavy atom. The molecule has 2 aromatic heterocycles. The van der Waals surface area contributed by atoms with Gasteiger partial charge < -0.3 is 10.5 Å². The average Bonchev–Trinajstić information content (AvgIpc) is 2.55. The molecule has 4 nitrogen and oxygen atoms in total. The predicted molar refractivity (Wildman–Crippen MR) is 83.1 cm³/mol. The second-order valence-corrected chi connectivity index (χ2v) is 4.76. The number of ether oxygens (including phenoxy) is 1. The van der Waals surface area contributed by atoms with Crippen LogP contribution in [-0.4, -0.2) is 16.6 Å². The van der Waals surface area contributed by atoms with Crippen molar-refractivity contribution in [1.29, 1.82) is 0 Å². The number of hydrogen-bond acceptors (Lipinski definition) is 4. The van der Waals surface area contributed by atoms with Crippen molar-refractivity contribution in [1.82, 2.24) is 9.97 Å². The molecule has 0 radical (unpaired) electrons. The summed E-state index contributed by atoms with van der Waals surface area (Å²) in [4.78, 5) is 8.77. The van der Waals surface area contributed by atoms with E-state index >= 15 is 0 Å². The second-order valence-electron chi connectivity index (χ2n) is 4.76. The van der Waals surface area contributed by atoms with E-state index in [9.17, 15) is 0 Å². The third-order valence-corrected chi connectivity index (χ3v) is 3.29. The molecule has 0 aliphatic heterocycles. The highest BCUT2D eigenvalue weighted by atomic mass is 16.5. The molecule has 0 saturated heterocycles. The Kier molecular flexibility index (Phi) is 4.07. The van der Waals surface area contributed by atoms with E-state index < -0.39 is 0 Å². The van der Waals surface area contributed by atoms with Gasteiger partial charge in [-0.05, 0) is 29.7 Å². The quantitative estimate of drug-likeness (QED) is 0.780. The molecule has 0 fully saturated rings. The summed E-state index contributed by atoms with van der Waals surface area (Å²) in [7, 11) is 0. The molecule has 3 rings (SSSR count). The smallest absolute Gasteiger partial charge is 0.221 e. The number of nitrogens with two attached hydrogens (primary N) is 1. The fourth-order valence-electron chi connectivity index (χ4n) is 2.23. The lowest BCUT2D eigenvalue weighted by Gasteiger charge is -2.10. The van der Waals surface area contributed by atoms with Crippen molar-refractivity contribution in [2.75, 3.05) is 6.61 Å². The van der Waals surface area contributed by atoms with Gasteiger partial charge in [-0.2, -0.15) is 0 Å². The topological polar surface area (TPSA) is 61.0 Å². The fourth-order valence-corrected chi connectivity index (χ4v) is 2.23. The Hall–Kier alpha value is -2.46. The zero-order valence-electron chi connectivity index (χ0n) is 11.7. The van der Waals surface area contributed by atoms with Crippen LogP contribution >= 0.6 is 0 Å². The molecule has 0 bridgehead atoms. The lowest BCUT2D eigenvalue weighted by molar-refractivity contribution is 0.311. The summed E-state index contributed by atoms with van der Waals surface area (Å²) in [6, 6.07) is 15.9. The van der Waals surface area contributed by atoms with Gasteiger partial charge in [0.05, 0.1) is 12.3 Å². The number of hydrogen-bond donors (Lipinski definition) is 1. The SMILES string of the molecule is NCc1cc2ccccc2c(OCCc2ccccn2)n1. The van der Waals surface area contributed by atoms with E-state index in [1.54, 1.807) is 6.20 Å². The predicted octanol–water partition coefficient (Wildman–Crippen LogP) is 2.71. The maximum Gasteiger partial charge on any atom is 0.221 e. The maximum atomic E-state index is 5.86. The first kappa shape index (κ1) is 13.5. The zero-order valence-corrected chi connectivity index (χ0v) is 11.7. The van der Waals surface area contributed by atoms with Crippen LogP contribution in [0.25, 0.3) is 10.8 Å². The van der Waals surface area contributed by atoms with Crippen LogP contribution in [0.2, 0.25) is 0 Å². The van der Waals surface area contributed by atoms with Crippen LogP contribution in [0.1, 0.15) is 11.4 Å². The minimum absolute atomic E-state index is 0.404. The highest BCUT2D eigenvalue weighted by Crippen LogP contribution is 2.24. The van der Waals surface area contributed by atoms with Gasteiger partial charge in [-0.15, -0.1) is 0 Å². The van der Waals surface area contributed by atoms with E-state index in [2.05, 4.69) is 9.97 Å². The van der Waals surface area contributed by atoms with Gasteiger partial charge in [0.1, 0.15) is 0 Å². The van der Waals surface area contributed by atoms with Crippen molar-refractivity contribution in [2.24, 2.45) is 5.73 Å². The van der Waals surface area contributed by atoms with Crippen LogP contribution in [0.3, 0.4) is 0 Å². The van der Waals surface area contributed by atoms with Gasteiger partial charge in [-0.25, -0.2) is 4.98 Å². The van der Waals surface area contributed by atoms with Crippen LogP contribution in [0.5, 0.6) is 5.88 Å². The van der Waals surface area contributed by atoms with E-state index in [1.807, 2.05) is 48.5 Å². The highest BCUT2D eigenvalue weighted by molar-refractivity contribution is 5.87. The lowest BCUT2D eigenvalue weighted by Crippen LogP contribution is -2.07. The molecule has 3 aromatic rings. The standard InChI is InChI=1S/C17H17N3O/c18-12-15-11-13-5-1-2-7-16(13)17(20-15)21-10-8-14-6-3-4-9-19-14/h1-7,9,11H,8,10,12,18H2. The zero-order chi connectivity index (χ0) is 14.5. The van der Waals surface area contributed by atoms with Gasteiger partial charge in [0.2, 0.25) is 5.88 Å². The number of pyridine rings is 2. The third kappa shape index (κ3) is 3.17. The Morgan fingerprint density at radius 2 is 1.86 bits per heavy atom. The summed E-state index contributed by atoms with van der Waals surface area (Å²) < 4.78 is 5.86. The molecule has 106 valence electrons. The second kappa shape index (κ2) is 6.33. The Bertz CT molecular complexity index is 728. The monoisotopic (exact) mass is 279 g/mol. The van der Waals surface area contributed by atoms with Crippen LogP contribution in [-0.2, 0) is 13.0 Å². The average molecular weight is 279 g/mol. The van der Waals surface area contributed by atoms with Gasteiger partial charge in [0.15, 0.2) is 0 Å². The first-order valence-electron chi connectivity index (χ1n) is 6.98. The first-order valence-corrected chi connectivity index (χ1v) is 6.98. The van der Waals surface area contributed by atoms with Crippen LogP contribution in [0, 0.1) is 0 Å². The highest BCUT2D eigenvalue weighted by Gasteiger charge is 2.06. The van der Waals surface area contributed by atoms with Crippen LogP contribution in [0.15, 0.2) is 54.7 Å². The summed E-state index contributed by atoms with van der Waals surface area (Å²) in [6.45, 7) is 0.948. The molecule has 2 N–H and O–H groups in total. The molecular formula is C17H17N3O. The van der Waals surface area contributed by atoms with Crippen molar-refractivity contribution in [2.45, 2.75) is 13.0 Å². The fraction of sp³-hybridized carbons (Fsp3) is 0.176. The summed E-state index contributed by atoms with van der Waals surface area (Å²) >= 11 is 0. The largest absolute Gasteiger partial charge is 0.477 e. The summed E-state index contributed by atoms with van der Waals surface area (Å²) in [5.41, 5.74) is 7.55. The van der Waals surface area contributed by atoms with E-state index in [-0.39, 0.29) is 0 Å². The van der Waals surface area contributed by atoms with Gasteiger partial charge >= 0.3 is 0 Å². The number of aromatic nitrogens is 2. The number of nitrogens with zero attached hydrogens (tertiary/aromatic N) is 2. The van der Waals surface area contributed by atoms with E-state index in [4.69, 9.17) is 10.5 Å². The molecular weight excluding hydrogens is 262 g/mol. The molecule has 0 aliphatic carbocycles.